The average Bonchev–Trinajstić information content (AvgIpc) is 3.77. The van der Waals surface area contributed by atoms with Gasteiger partial charge in [0.2, 0.25) is 5.82 Å². The van der Waals surface area contributed by atoms with Crippen molar-refractivity contribution in [3.63, 3.8) is 0 Å². The van der Waals surface area contributed by atoms with Crippen molar-refractivity contribution in [3.05, 3.63) is 48.2 Å². The second-order valence-corrected chi connectivity index (χ2v) is 12.6. The number of hydrogen-bond donors (Lipinski definition) is 2. The van der Waals surface area contributed by atoms with E-state index >= 15 is 4.39 Å². The van der Waals surface area contributed by atoms with Gasteiger partial charge in [-0.3, -0.25) is 9.88 Å². The monoisotopic (exact) mass is 566 g/mol. The Morgan fingerprint density at radius 2 is 2.02 bits per heavy atom. The number of benzene rings is 2. The fourth-order valence-corrected chi connectivity index (χ4v) is 8.19. The summed E-state index contributed by atoms with van der Waals surface area (Å²) in [5.74, 6) is 7.48. The van der Waals surface area contributed by atoms with E-state index in [9.17, 15) is 5.11 Å². The van der Waals surface area contributed by atoms with Gasteiger partial charge in [0.15, 0.2) is 5.82 Å². The topological polar surface area (TPSA) is 77.4 Å². The van der Waals surface area contributed by atoms with Gasteiger partial charge in [0.1, 0.15) is 22.8 Å². The first-order valence-electron chi connectivity index (χ1n) is 14.5. The number of piperazine rings is 1. The fraction of sp³-hybridized carbons (Fsp3) is 0.406. The third kappa shape index (κ3) is 3.99. The van der Waals surface area contributed by atoms with Crippen LogP contribution in [0.1, 0.15) is 37.9 Å². The van der Waals surface area contributed by atoms with Crippen LogP contribution < -0.4 is 10.2 Å². The highest BCUT2D eigenvalue weighted by atomic mass is 32.2. The predicted molar refractivity (Wildman–Crippen MR) is 161 cm³/mol. The number of pyridine rings is 1. The van der Waals surface area contributed by atoms with Crippen LogP contribution in [-0.4, -0.2) is 75.0 Å². The molecule has 208 valence electrons. The first-order valence-corrected chi connectivity index (χ1v) is 15.7. The van der Waals surface area contributed by atoms with Crippen LogP contribution in [0.4, 0.5) is 10.2 Å². The minimum absolute atomic E-state index is 0.0690. The summed E-state index contributed by atoms with van der Waals surface area (Å²) in [7, 11) is 0. The third-order valence-corrected chi connectivity index (χ3v) is 10.2. The lowest BCUT2D eigenvalue weighted by Crippen LogP contribution is -2.44. The summed E-state index contributed by atoms with van der Waals surface area (Å²) < 4.78 is 16.7. The van der Waals surface area contributed by atoms with Gasteiger partial charge in [-0.1, -0.05) is 18.1 Å². The zero-order valence-electron chi connectivity index (χ0n) is 23.0. The first kappa shape index (κ1) is 25.3. The van der Waals surface area contributed by atoms with Crippen LogP contribution in [0.3, 0.4) is 0 Å². The summed E-state index contributed by atoms with van der Waals surface area (Å²) in [6.45, 7) is 3.87. The number of aromatic hydroxyl groups is 1. The van der Waals surface area contributed by atoms with Crippen LogP contribution in [0, 0.1) is 17.7 Å². The van der Waals surface area contributed by atoms with Crippen molar-refractivity contribution in [2.75, 3.05) is 37.3 Å². The summed E-state index contributed by atoms with van der Waals surface area (Å²) in [6, 6.07) is 9.89. The normalized spacial score (nSPS) is 22.9. The van der Waals surface area contributed by atoms with Crippen LogP contribution in [0.5, 0.6) is 5.75 Å². The molecule has 0 aliphatic carbocycles. The number of aromatic nitrogens is 3. The smallest absolute Gasteiger partial charge is 0.207 e. The molecule has 9 heteroatoms. The van der Waals surface area contributed by atoms with Gasteiger partial charge in [0.25, 0.3) is 0 Å². The number of nitrogens with zero attached hydrogens (tertiary/aromatic N) is 5. The second kappa shape index (κ2) is 9.55. The summed E-state index contributed by atoms with van der Waals surface area (Å²) in [4.78, 5) is 20.1. The molecule has 41 heavy (non-hydrogen) atoms. The Hall–Kier alpha value is -3.45. The van der Waals surface area contributed by atoms with E-state index in [0.717, 1.165) is 74.0 Å². The van der Waals surface area contributed by atoms with E-state index in [2.05, 4.69) is 31.9 Å². The van der Waals surface area contributed by atoms with Crippen LogP contribution in [0.15, 0.2) is 41.4 Å². The Kier molecular flexibility index (Phi) is 5.89. The van der Waals surface area contributed by atoms with Crippen LogP contribution >= 0.6 is 11.8 Å². The summed E-state index contributed by atoms with van der Waals surface area (Å²) in [5.41, 5.74) is 0.842. The number of thioether (sulfide) groups is 1. The maximum atomic E-state index is 16.7. The maximum absolute atomic E-state index is 16.7. The van der Waals surface area contributed by atoms with Gasteiger partial charge in [-0.25, -0.2) is 14.4 Å². The molecular formula is C32H31FN6OS. The molecule has 2 bridgehead atoms. The van der Waals surface area contributed by atoms with Crippen molar-refractivity contribution < 1.29 is 9.50 Å². The molecule has 6 heterocycles. The number of nitrogens with one attached hydrogen (secondary N) is 1. The van der Waals surface area contributed by atoms with Gasteiger partial charge in [-0.2, -0.15) is 0 Å². The van der Waals surface area contributed by atoms with Gasteiger partial charge < -0.3 is 15.3 Å². The lowest BCUT2D eigenvalue weighted by Gasteiger charge is -2.29. The molecule has 2 aromatic heterocycles. The SMILES string of the molecule is CSc1cccc2cc(O)cc(-c3ncc4c(N5C[C@@H]6C[C@H]5CN6)nc(C#CC56CCCN5CCC6)nc4c3F)c12. The number of fused-ring (bicyclic) bond motifs is 5. The Bertz CT molecular complexity index is 1770. The molecular weight excluding hydrogens is 535 g/mol. The lowest BCUT2D eigenvalue weighted by molar-refractivity contribution is 0.261. The minimum atomic E-state index is -0.513. The molecule has 4 aromatic rings. The second-order valence-electron chi connectivity index (χ2n) is 11.7. The number of phenols is 1. The molecule has 8 rings (SSSR count). The van der Waals surface area contributed by atoms with E-state index in [1.165, 1.54) is 0 Å². The largest absolute Gasteiger partial charge is 0.508 e. The zero-order chi connectivity index (χ0) is 27.7. The molecule has 0 unspecified atom stereocenters. The van der Waals surface area contributed by atoms with Gasteiger partial charge in [-0.05, 0) is 81.0 Å². The highest BCUT2D eigenvalue weighted by molar-refractivity contribution is 7.98. The molecule has 0 spiro atoms. The molecule has 0 saturated carbocycles. The Morgan fingerprint density at radius 1 is 1.17 bits per heavy atom. The van der Waals surface area contributed by atoms with E-state index in [4.69, 9.17) is 9.97 Å². The highest BCUT2D eigenvalue weighted by Crippen LogP contribution is 2.41. The van der Waals surface area contributed by atoms with Crippen molar-refractivity contribution in [2.24, 2.45) is 0 Å². The highest BCUT2D eigenvalue weighted by Gasteiger charge is 2.43. The zero-order valence-corrected chi connectivity index (χ0v) is 23.8. The number of hydrogen-bond acceptors (Lipinski definition) is 8. The molecule has 2 aromatic carbocycles. The number of phenolic OH excluding ortho intramolecular Hbond substituents is 1. The predicted octanol–water partition coefficient (Wildman–Crippen LogP) is 4.94. The van der Waals surface area contributed by atoms with Crippen LogP contribution in [0.25, 0.3) is 32.9 Å². The van der Waals surface area contributed by atoms with Crippen molar-refractivity contribution >= 4 is 39.3 Å². The molecule has 4 aliphatic rings. The average molecular weight is 567 g/mol. The maximum Gasteiger partial charge on any atom is 0.207 e. The van der Waals surface area contributed by atoms with Gasteiger partial charge >= 0.3 is 0 Å². The Morgan fingerprint density at radius 3 is 2.78 bits per heavy atom. The minimum Gasteiger partial charge on any atom is -0.508 e. The summed E-state index contributed by atoms with van der Waals surface area (Å²) in [5, 5.41) is 16.4. The van der Waals surface area contributed by atoms with E-state index in [1.807, 2.05) is 24.5 Å². The van der Waals surface area contributed by atoms with Crippen molar-refractivity contribution in [2.45, 2.75) is 54.6 Å². The number of anilines is 1. The van der Waals surface area contributed by atoms with Gasteiger partial charge in [-0.15, -0.1) is 11.8 Å². The van der Waals surface area contributed by atoms with E-state index in [-0.39, 0.29) is 22.5 Å². The van der Waals surface area contributed by atoms with E-state index in [0.29, 0.717) is 34.7 Å². The molecule has 4 fully saturated rings. The molecule has 4 saturated heterocycles. The lowest BCUT2D eigenvalue weighted by atomic mass is 9.95. The number of rotatable bonds is 3. The fourth-order valence-electron chi connectivity index (χ4n) is 7.54. The molecule has 2 atom stereocenters. The first-order chi connectivity index (χ1) is 20.0. The standard InChI is InChI=1S/C32H31FN6OS/c1-41-25-6-2-5-19-13-22(40)15-23(27(19)25)29-28(33)30-24(17-35-29)31(39-18-20-14-21(39)16-34-20)37-26(36-30)7-10-32-8-3-11-38(32)12-4-9-32/h2,5-6,13,15,17,20-21,34,40H,3-4,8-9,11-12,14,16,18H2,1H3/t20-,21-/m0/s1. The summed E-state index contributed by atoms with van der Waals surface area (Å²) >= 11 is 1.58. The van der Waals surface area contributed by atoms with E-state index in [1.54, 1.807) is 30.1 Å². The molecule has 7 nitrogen and oxygen atoms in total. The van der Waals surface area contributed by atoms with Crippen LogP contribution in [-0.2, 0) is 0 Å². The van der Waals surface area contributed by atoms with Gasteiger partial charge in [0, 0.05) is 47.2 Å². The van der Waals surface area contributed by atoms with Crippen molar-refractivity contribution in [3.8, 4) is 28.8 Å². The quantitative estimate of drug-likeness (QED) is 0.267. The van der Waals surface area contributed by atoms with Crippen molar-refractivity contribution in [1.29, 1.82) is 0 Å². The van der Waals surface area contributed by atoms with E-state index < -0.39 is 5.82 Å². The van der Waals surface area contributed by atoms with Crippen LogP contribution in [0.2, 0.25) is 0 Å². The molecule has 4 aliphatic heterocycles. The van der Waals surface area contributed by atoms with Crippen molar-refractivity contribution in [1.82, 2.24) is 25.2 Å². The Balaban J connectivity index is 1.33. The summed E-state index contributed by atoms with van der Waals surface area (Å²) in [6.07, 6.45) is 9.17. The number of halogens is 1. The Labute approximate surface area is 242 Å². The molecule has 0 radical (unpaired) electrons. The molecule has 0 amide bonds. The van der Waals surface area contributed by atoms with Gasteiger partial charge in [0.05, 0.1) is 10.9 Å². The molecule has 2 N–H and O–H groups in total. The third-order valence-electron chi connectivity index (χ3n) is 9.44.